The summed E-state index contributed by atoms with van der Waals surface area (Å²) in [6.07, 6.45) is 3.78. The number of amides is 1. The third kappa shape index (κ3) is 4.28. The molecule has 2 aromatic carbocycles. The lowest BCUT2D eigenvalue weighted by Gasteiger charge is -2.12. The van der Waals surface area contributed by atoms with Gasteiger partial charge >= 0.3 is 0 Å². The smallest absolute Gasteiger partial charge is 0.255 e. The van der Waals surface area contributed by atoms with E-state index in [9.17, 15) is 9.59 Å². The van der Waals surface area contributed by atoms with Gasteiger partial charge in [-0.15, -0.1) is 0 Å². The van der Waals surface area contributed by atoms with Gasteiger partial charge in [0.25, 0.3) is 11.5 Å². The van der Waals surface area contributed by atoms with Crippen LogP contribution in [0, 0.1) is 0 Å². The van der Waals surface area contributed by atoms with E-state index in [0.29, 0.717) is 36.1 Å². The van der Waals surface area contributed by atoms with Crippen LogP contribution in [0.15, 0.2) is 71.8 Å². The van der Waals surface area contributed by atoms with Crippen LogP contribution in [0.5, 0.6) is 11.5 Å². The second-order valence-corrected chi connectivity index (χ2v) is 6.79. The van der Waals surface area contributed by atoms with Crippen molar-refractivity contribution in [3.63, 3.8) is 0 Å². The molecule has 4 rings (SSSR count). The van der Waals surface area contributed by atoms with Crippen LogP contribution in [0.25, 0.3) is 0 Å². The SMILES string of the molecule is O=C(NCCn1cnc(C2CC2)cc1=O)c1ccccc1Oc1ccccc1. The molecule has 6 heteroatoms. The Morgan fingerprint density at radius 3 is 2.61 bits per heavy atom. The molecule has 0 saturated heterocycles. The van der Waals surface area contributed by atoms with Crippen molar-refractivity contribution in [3.05, 3.63) is 88.6 Å². The summed E-state index contributed by atoms with van der Waals surface area (Å²) in [6, 6.07) is 18.0. The van der Waals surface area contributed by atoms with E-state index in [0.717, 1.165) is 18.5 Å². The molecule has 6 nitrogen and oxygen atoms in total. The molecule has 0 bridgehead atoms. The van der Waals surface area contributed by atoms with E-state index in [1.54, 1.807) is 30.6 Å². The Morgan fingerprint density at radius 1 is 1.11 bits per heavy atom. The van der Waals surface area contributed by atoms with Gasteiger partial charge in [-0.1, -0.05) is 30.3 Å². The van der Waals surface area contributed by atoms with E-state index in [1.807, 2.05) is 36.4 Å². The maximum atomic E-state index is 12.6. The van der Waals surface area contributed by atoms with Gasteiger partial charge in [-0.2, -0.15) is 0 Å². The van der Waals surface area contributed by atoms with Gasteiger partial charge < -0.3 is 10.1 Å². The highest BCUT2D eigenvalue weighted by molar-refractivity contribution is 5.97. The van der Waals surface area contributed by atoms with Crippen LogP contribution in [-0.2, 0) is 6.54 Å². The highest BCUT2D eigenvalue weighted by Gasteiger charge is 2.25. The zero-order valence-electron chi connectivity index (χ0n) is 15.4. The van der Waals surface area contributed by atoms with Crippen molar-refractivity contribution >= 4 is 5.91 Å². The van der Waals surface area contributed by atoms with E-state index in [2.05, 4.69) is 10.3 Å². The Bertz CT molecular complexity index is 1030. The molecule has 1 amide bonds. The second-order valence-electron chi connectivity index (χ2n) is 6.79. The number of hydrogen-bond acceptors (Lipinski definition) is 4. The van der Waals surface area contributed by atoms with E-state index in [-0.39, 0.29) is 11.5 Å². The van der Waals surface area contributed by atoms with Gasteiger partial charge in [0.05, 0.1) is 17.6 Å². The molecular weight excluding hydrogens is 354 g/mol. The van der Waals surface area contributed by atoms with Crippen LogP contribution in [-0.4, -0.2) is 22.0 Å². The first-order chi connectivity index (χ1) is 13.7. The quantitative estimate of drug-likeness (QED) is 0.687. The van der Waals surface area contributed by atoms with E-state index >= 15 is 0 Å². The lowest BCUT2D eigenvalue weighted by molar-refractivity contribution is 0.0950. The van der Waals surface area contributed by atoms with Crippen LogP contribution in [0.4, 0.5) is 0 Å². The van der Waals surface area contributed by atoms with Crippen molar-refractivity contribution in [2.75, 3.05) is 6.54 Å². The first-order valence-electron chi connectivity index (χ1n) is 9.37. The predicted molar refractivity (Wildman–Crippen MR) is 106 cm³/mol. The molecule has 1 fully saturated rings. The van der Waals surface area contributed by atoms with E-state index < -0.39 is 0 Å². The van der Waals surface area contributed by atoms with Gasteiger partial charge in [0.2, 0.25) is 0 Å². The van der Waals surface area contributed by atoms with Crippen molar-refractivity contribution in [3.8, 4) is 11.5 Å². The molecule has 1 N–H and O–H groups in total. The summed E-state index contributed by atoms with van der Waals surface area (Å²) < 4.78 is 7.34. The molecule has 0 radical (unpaired) electrons. The van der Waals surface area contributed by atoms with Crippen LogP contribution in [0.1, 0.15) is 34.8 Å². The standard InChI is InChI=1S/C22H21N3O3/c26-21-14-19(16-10-11-16)24-15-25(21)13-12-23-22(27)18-8-4-5-9-20(18)28-17-6-2-1-3-7-17/h1-9,14-16H,10-13H2,(H,23,27). The predicted octanol–water partition coefficient (Wildman–Crippen LogP) is 3.34. The summed E-state index contributed by atoms with van der Waals surface area (Å²) in [5, 5.41) is 2.84. The first kappa shape index (κ1) is 18.0. The van der Waals surface area contributed by atoms with Gasteiger partial charge in [-0.3, -0.25) is 14.2 Å². The minimum Gasteiger partial charge on any atom is -0.457 e. The summed E-state index contributed by atoms with van der Waals surface area (Å²) in [6.45, 7) is 0.688. The maximum Gasteiger partial charge on any atom is 0.255 e. The van der Waals surface area contributed by atoms with E-state index in [4.69, 9.17) is 4.74 Å². The van der Waals surface area contributed by atoms with Crippen molar-refractivity contribution < 1.29 is 9.53 Å². The summed E-state index contributed by atoms with van der Waals surface area (Å²) in [5.74, 6) is 1.35. The topological polar surface area (TPSA) is 73.2 Å². The number of nitrogens with zero attached hydrogens (tertiary/aromatic N) is 2. The van der Waals surface area contributed by atoms with Gasteiger partial charge in [0.15, 0.2) is 0 Å². The molecule has 0 atom stereocenters. The number of nitrogens with one attached hydrogen (secondary N) is 1. The number of hydrogen-bond donors (Lipinski definition) is 1. The molecule has 1 heterocycles. The Morgan fingerprint density at radius 2 is 1.86 bits per heavy atom. The van der Waals surface area contributed by atoms with Crippen LogP contribution >= 0.6 is 0 Å². The van der Waals surface area contributed by atoms with Crippen molar-refractivity contribution in [2.45, 2.75) is 25.3 Å². The molecule has 0 aliphatic heterocycles. The molecule has 0 unspecified atom stereocenters. The van der Waals surface area contributed by atoms with Gasteiger partial charge in [-0.25, -0.2) is 4.98 Å². The van der Waals surface area contributed by atoms with Crippen molar-refractivity contribution in [1.29, 1.82) is 0 Å². The molecule has 0 spiro atoms. The number of rotatable bonds is 7. The zero-order valence-corrected chi connectivity index (χ0v) is 15.4. The molecule has 1 saturated carbocycles. The fraction of sp³-hybridized carbons (Fsp3) is 0.227. The highest BCUT2D eigenvalue weighted by atomic mass is 16.5. The van der Waals surface area contributed by atoms with Gasteiger partial charge in [0, 0.05) is 25.1 Å². The largest absolute Gasteiger partial charge is 0.457 e. The summed E-state index contributed by atoms with van der Waals surface area (Å²) >= 11 is 0. The number of para-hydroxylation sites is 2. The Labute approximate surface area is 162 Å². The van der Waals surface area contributed by atoms with Crippen LogP contribution in [0.2, 0.25) is 0 Å². The molecule has 1 aromatic heterocycles. The third-order valence-electron chi connectivity index (χ3n) is 4.64. The van der Waals surface area contributed by atoms with Crippen LogP contribution < -0.4 is 15.6 Å². The van der Waals surface area contributed by atoms with Gasteiger partial charge in [0.1, 0.15) is 11.5 Å². The van der Waals surface area contributed by atoms with Gasteiger partial charge in [-0.05, 0) is 37.1 Å². The molecule has 1 aliphatic carbocycles. The number of carbonyl (C=O) groups excluding carboxylic acids is 1. The summed E-state index contributed by atoms with van der Waals surface area (Å²) in [5.41, 5.74) is 1.23. The minimum absolute atomic E-state index is 0.0843. The molecule has 1 aliphatic rings. The summed E-state index contributed by atoms with van der Waals surface area (Å²) in [7, 11) is 0. The van der Waals surface area contributed by atoms with Crippen LogP contribution in [0.3, 0.4) is 0 Å². The normalized spacial score (nSPS) is 13.1. The second kappa shape index (κ2) is 8.08. The Hall–Kier alpha value is -3.41. The Balaban J connectivity index is 1.38. The minimum atomic E-state index is -0.248. The fourth-order valence-electron chi connectivity index (χ4n) is 2.95. The lowest BCUT2D eigenvalue weighted by atomic mass is 10.2. The number of benzene rings is 2. The van der Waals surface area contributed by atoms with Crippen molar-refractivity contribution in [1.82, 2.24) is 14.9 Å². The lowest BCUT2D eigenvalue weighted by Crippen LogP contribution is -2.31. The molecule has 28 heavy (non-hydrogen) atoms. The van der Waals surface area contributed by atoms with Crippen molar-refractivity contribution in [2.24, 2.45) is 0 Å². The Kier molecular flexibility index (Phi) is 5.19. The number of aromatic nitrogens is 2. The number of ether oxygens (including phenoxy) is 1. The zero-order chi connectivity index (χ0) is 19.3. The number of carbonyl (C=O) groups is 1. The first-order valence-corrected chi connectivity index (χ1v) is 9.37. The average Bonchev–Trinajstić information content (AvgIpc) is 3.56. The third-order valence-corrected chi connectivity index (χ3v) is 4.64. The molecule has 142 valence electrons. The summed E-state index contributed by atoms with van der Waals surface area (Å²) in [4.78, 5) is 29.1. The van der Waals surface area contributed by atoms with E-state index in [1.165, 1.54) is 4.57 Å². The highest BCUT2D eigenvalue weighted by Crippen LogP contribution is 2.38. The monoisotopic (exact) mass is 375 g/mol. The fourth-order valence-corrected chi connectivity index (χ4v) is 2.95. The average molecular weight is 375 g/mol. The molecule has 3 aromatic rings. The maximum absolute atomic E-state index is 12.6. The molecular formula is C22H21N3O3.